The van der Waals surface area contributed by atoms with Crippen molar-refractivity contribution in [2.75, 3.05) is 0 Å². The number of ether oxygens (including phenoxy) is 3. The maximum atomic E-state index is 11.1. The second-order valence-corrected chi connectivity index (χ2v) is 7.50. The Morgan fingerprint density at radius 3 is 1.50 bits per heavy atom. The number of phenols is 1. The lowest BCUT2D eigenvalue weighted by molar-refractivity contribution is 0.278. The van der Waals surface area contributed by atoms with Gasteiger partial charge in [-0.15, -0.1) is 0 Å². The maximum Gasteiger partial charge on any atom is 0.137 e. The monoisotopic (exact) mass is 426 g/mol. The zero-order valence-corrected chi connectivity index (χ0v) is 18.2. The number of benzene rings is 4. The summed E-state index contributed by atoms with van der Waals surface area (Å²) < 4.78 is 18.2. The Morgan fingerprint density at radius 1 is 0.562 bits per heavy atom. The Morgan fingerprint density at radius 2 is 1.00 bits per heavy atom. The van der Waals surface area contributed by atoms with E-state index in [1.54, 1.807) is 0 Å². The minimum atomic E-state index is 0.157. The standard InChI is InChI=1S/C28H26O4/c1-20-25(18-30-22-12-6-3-7-13-22)26(19-31-23-14-8-4-9-15-23)27(29)21(2)28(20)32-24-16-10-5-11-17-24/h3-17,29H,18-19H2,1-2H3. The number of rotatable bonds is 8. The number of hydrogen-bond acceptors (Lipinski definition) is 4. The molecular weight excluding hydrogens is 400 g/mol. The molecule has 1 N–H and O–H groups in total. The summed E-state index contributed by atoms with van der Waals surface area (Å²) in [4.78, 5) is 0. The normalized spacial score (nSPS) is 10.6. The zero-order valence-electron chi connectivity index (χ0n) is 18.2. The van der Waals surface area contributed by atoms with Gasteiger partial charge >= 0.3 is 0 Å². The molecule has 0 amide bonds. The van der Waals surface area contributed by atoms with Crippen LogP contribution in [0.15, 0.2) is 91.0 Å². The number of para-hydroxylation sites is 3. The van der Waals surface area contributed by atoms with Gasteiger partial charge in [0.25, 0.3) is 0 Å². The lowest BCUT2D eigenvalue weighted by atomic mass is 9.96. The quantitative estimate of drug-likeness (QED) is 0.331. The minimum Gasteiger partial charge on any atom is -0.507 e. The second-order valence-electron chi connectivity index (χ2n) is 7.50. The van der Waals surface area contributed by atoms with E-state index in [0.29, 0.717) is 22.6 Å². The molecule has 4 aromatic rings. The Hall–Kier alpha value is -3.92. The third-order valence-corrected chi connectivity index (χ3v) is 5.36. The van der Waals surface area contributed by atoms with Gasteiger partial charge in [-0.05, 0) is 55.8 Å². The van der Waals surface area contributed by atoms with Crippen LogP contribution >= 0.6 is 0 Å². The summed E-state index contributed by atoms with van der Waals surface area (Å²) in [5.41, 5.74) is 3.12. The van der Waals surface area contributed by atoms with Crippen molar-refractivity contribution in [3.8, 4) is 28.7 Å². The lowest BCUT2D eigenvalue weighted by Gasteiger charge is -2.22. The molecule has 0 saturated heterocycles. The lowest BCUT2D eigenvalue weighted by Crippen LogP contribution is -2.09. The zero-order chi connectivity index (χ0) is 22.3. The summed E-state index contributed by atoms with van der Waals surface area (Å²) in [6.07, 6.45) is 0. The van der Waals surface area contributed by atoms with Gasteiger partial charge in [-0.2, -0.15) is 0 Å². The fraction of sp³-hybridized carbons (Fsp3) is 0.143. The van der Waals surface area contributed by atoms with Crippen molar-refractivity contribution < 1.29 is 19.3 Å². The predicted molar refractivity (Wildman–Crippen MR) is 126 cm³/mol. The van der Waals surface area contributed by atoms with Crippen LogP contribution in [0.5, 0.6) is 28.7 Å². The van der Waals surface area contributed by atoms with Crippen LogP contribution in [0, 0.1) is 13.8 Å². The van der Waals surface area contributed by atoms with Gasteiger partial charge in [-0.25, -0.2) is 0 Å². The molecule has 0 aliphatic rings. The molecule has 32 heavy (non-hydrogen) atoms. The largest absolute Gasteiger partial charge is 0.507 e. The fourth-order valence-corrected chi connectivity index (χ4v) is 3.58. The highest BCUT2D eigenvalue weighted by Gasteiger charge is 2.22. The summed E-state index contributed by atoms with van der Waals surface area (Å²) in [7, 11) is 0. The van der Waals surface area contributed by atoms with Crippen molar-refractivity contribution in [3.05, 3.63) is 113 Å². The van der Waals surface area contributed by atoms with Gasteiger partial charge in [0.2, 0.25) is 0 Å². The van der Waals surface area contributed by atoms with Crippen LogP contribution in [-0.2, 0) is 13.2 Å². The first-order valence-corrected chi connectivity index (χ1v) is 10.6. The van der Waals surface area contributed by atoms with Crippen LogP contribution in [0.3, 0.4) is 0 Å². The first-order valence-electron chi connectivity index (χ1n) is 10.6. The molecule has 0 fully saturated rings. The smallest absolute Gasteiger partial charge is 0.137 e. The molecule has 4 aromatic carbocycles. The molecule has 0 radical (unpaired) electrons. The van der Waals surface area contributed by atoms with Crippen LogP contribution in [0.2, 0.25) is 0 Å². The van der Waals surface area contributed by atoms with E-state index in [9.17, 15) is 5.11 Å². The Bertz CT molecular complexity index is 1160. The molecule has 0 aliphatic carbocycles. The molecule has 4 rings (SSSR count). The van der Waals surface area contributed by atoms with Crippen LogP contribution < -0.4 is 14.2 Å². The Balaban J connectivity index is 1.70. The first kappa shape index (κ1) is 21.3. The average Bonchev–Trinajstić information content (AvgIpc) is 2.84. The van der Waals surface area contributed by atoms with E-state index in [-0.39, 0.29) is 19.0 Å². The highest BCUT2D eigenvalue weighted by atomic mass is 16.5. The van der Waals surface area contributed by atoms with Crippen molar-refractivity contribution in [2.45, 2.75) is 27.1 Å². The van der Waals surface area contributed by atoms with Gasteiger partial charge in [0.05, 0.1) is 0 Å². The third kappa shape index (κ3) is 4.86. The van der Waals surface area contributed by atoms with Crippen LogP contribution in [0.25, 0.3) is 0 Å². The van der Waals surface area contributed by atoms with Crippen molar-refractivity contribution in [1.82, 2.24) is 0 Å². The highest BCUT2D eigenvalue weighted by molar-refractivity contribution is 5.59. The van der Waals surface area contributed by atoms with E-state index in [4.69, 9.17) is 14.2 Å². The molecule has 0 unspecified atom stereocenters. The highest BCUT2D eigenvalue weighted by Crippen LogP contribution is 2.40. The molecule has 162 valence electrons. The van der Waals surface area contributed by atoms with E-state index in [2.05, 4.69) is 0 Å². The van der Waals surface area contributed by atoms with E-state index in [1.807, 2.05) is 105 Å². The summed E-state index contributed by atoms with van der Waals surface area (Å²) in [5.74, 6) is 2.99. The predicted octanol–water partition coefficient (Wildman–Crippen LogP) is 6.96. The molecule has 0 aliphatic heterocycles. The SMILES string of the molecule is Cc1c(O)c(COc2ccccc2)c(COc2ccccc2)c(C)c1Oc1ccccc1. The Kier molecular flexibility index (Phi) is 6.61. The minimum absolute atomic E-state index is 0.157. The van der Waals surface area contributed by atoms with E-state index < -0.39 is 0 Å². The van der Waals surface area contributed by atoms with Gasteiger partial charge in [0, 0.05) is 16.7 Å². The maximum absolute atomic E-state index is 11.1. The molecular formula is C28H26O4. The van der Waals surface area contributed by atoms with E-state index in [1.165, 1.54) is 0 Å². The van der Waals surface area contributed by atoms with Gasteiger partial charge in [-0.1, -0.05) is 54.6 Å². The molecule has 0 aromatic heterocycles. The summed E-state index contributed by atoms with van der Waals surface area (Å²) in [6, 6.07) is 28.7. The topological polar surface area (TPSA) is 47.9 Å². The third-order valence-electron chi connectivity index (χ3n) is 5.36. The van der Waals surface area contributed by atoms with Crippen LogP contribution in [0.1, 0.15) is 22.3 Å². The molecule has 0 heterocycles. The van der Waals surface area contributed by atoms with Crippen molar-refractivity contribution in [3.63, 3.8) is 0 Å². The van der Waals surface area contributed by atoms with Crippen molar-refractivity contribution in [1.29, 1.82) is 0 Å². The van der Waals surface area contributed by atoms with Crippen molar-refractivity contribution in [2.24, 2.45) is 0 Å². The summed E-state index contributed by atoms with van der Waals surface area (Å²) in [6.45, 7) is 4.34. The van der Waals surface area contributed by atoms with Gasteiger partial charge in [0.15, 0.2) is 0 Å². The van der Waals surface area contributed by atoms with E-state index in [0.717, 1.165) is 22.6 Å². The number of phenolic OH excluding ortho intramolecular Hbond substituents is 1. The summed E-state index contributed by atoms with van der Waals surface area (Å²) >= 11 is 0. The molecule has 0 spiro atoms. The molecule has 0 atom stereocenters. The molecule has 0 bridgehead atoms. The average molecular weight is 427 g/mol. The second kappa shape index (κ2) is 9.92. The molecule has 4 heteroatoms. The molecule has 4 nitrogen and oxygen atoms in total. The first-order chi connectivity index (χ1) is 15.6. The van der Waals surface area contributed by atoms with Crippen molar-refractivity contribution >= 4 is 0 Å². The molecule has 0 saturated carbocycles. The van der Waals surface area contributed by atoms with Gasteiger partial charge in [-0.3, -0.25) is 0 Å². The van der Waals surface area contributed by atoms with Crippen LogP contribution in [-0.4, -0.2) is 5.11 Å². The van der Waals surface area contributed by atoms with Crippen LogP contribution in [0.4, 0.5) is 0 Å². The number of hydrogen-bond donors (Lipinski definition) is 1. The fourth-order valence-electron chi connectivity index (χ4n) is 3.58. The summed E-state index contributed by atoms with van der Waals surface area (Å²) in [5, 5.41) is 11.1. The Labute approximate surface area is 188 Å². The number of aromatic hydroxyl groups is 1. The van der Waals surface area contributed by atoms with E-state index >= 15 is 0 Å². The van der Waals surface area contributed by atoms with Gasteiger partial charge < -0.3 is 19.3 Å². The van der Waals surface area contributed by atoms with Gasteiger partial charge in [0.1, 0.15) is 42.0 Å².